The van der Waals surface area contributed by atoms with E-state index in [0.717, 1.165) is 12.8 Å². The summed E-state index contributed by atoms with van der Waals surface area (Å²) in [7, 11) is 0. The molecule has 0 radical (unpaired) electrons. The summed E-state index contributed by atoms with van der Waals surface area (Å²) in [5.41, 5.74) is 1.39. The Balaban J connectivity index is 0.000000238. The van der Waals surface area contributed by atoms with Crippen LogP contribution in [0.5, 0.6) is 0 Å². The molecule has 4 rings (SSSR count). The Hall–Kier alpha value is -2.95. The molecule has 1 atom stereocenters. The molecule has 0 saturated carbocycles. The Morgan fingerprint density at radius 2 is 1.71 bits per heavy atom. The van der Waals surface area contributed by atoms with E-state index in [1.807, 2.05) is 61.5 Å². The first-order chi connectivity index (χ1) is 11.7. The normalized spacial score (nSPS) is 17.9. The molecule has 3 aromatic rings. The summed E-state index contributed by atoms with van der Waals surface area (Å²) in [5.74, 6) is 6.00. The van der Waals surface area contributed by atoms with Crippen molar-refractivity contribution in [3.05, 3.63) is 76.8 Å². The van der Waals surface area contributed by atoms with E-state index in [1.165, 1.54) is 0 Å². The first kappa shape index (κ1) is 15.9. The van der Waals surface area contributed by atoms with Crippen molar-refractivity contribution in [1.82, 2.24) is 9.55 Å². The van der Waals surface area contributed by atoms with Gasteiger partial charge in [0.1, 0.15) is 5.71 Å². The van der Waals surface area contributed by atoms with E-state index < -0.39 is 0 Å². The quantitative estimate of drug-likeness (QED) is 0.511. The fourth-order valence-electron chi connectivity index (χ4n) is 2.85. The second kappa shape index (κ2) is 7.08. The molecule has 2 aromatic carbocycles. The van der Waals surface area contributed by atoms with Crippen LogP contribution < -0.4 is 11.4 Å². The maximum absolute atomic E-state index is 12.5. The molecule has 0 spiro atoms. The molecule has 122 valence electrons. The Kier molecular flexibility index (Phi) is 4.70. The summed E-state index contributed by atoms with van der Waals surface area (Å²) in [5, 5.41) is 4.41. The molecule has 5 heteroatoms. The zero-order chi connectivity index (χ0) is 16.9. The van der Waals surface area contributed by atoms with Crippen molar-refractivity contribution in [2.45, 2.75) is 25.8 Å². The van der Waals surface area contributed by atoms with Crippen LogP contribution in [0.2, 0.25) is 0 Å². The third-order valence-corrected chi connectivity index (χ3v) is 4.13. The Morgan fingerprint density at radius 1 is 1.08 bits per heavy atom. The number of para-hydroxylation sites is 1. The van der Waals surface area contributed by atoms with E-state index in [-0.39, 0.29) is 11.6 Å². The van der Waals surface area contributed by atoms with E-state index in [0.29, 0.717) is 22.4 Å². The number of hydrazone groups is 1. The molecule has 1 aliphatic heterocycles. The molecule has 5 nitrogen and oxygen atoms in total. The topological polar surface area (TPSA) is 73.3 Å². The Morgan fingerprint density at radius 3 is 2.33 bits per heavy atom. The highest BCUT2D eigenvalue weighted by atomic mass is 16.1. The van der Waals surface area contributed by atoms with Gasteiger partial charge >= 0.3 is 0 Å². The molecule has 24 heavy (non-hydrogen) atoms. The number of nitrogens with zero attached hydrogens (tertiary/aromatic N) is 3. The highest BCUT2D eigenvalue weighted by molar-refractivity contribution is 5.99. The summed E-state index contributed by atoms with van der Waals surface area (Å²) < 4.78 is 1.71. The number of hydrogen-bond donors (Lipinski definition) is 1. The minimum atomic E-state index is -0.0102. The van der Waals surface area contributed by atoms with Crippen LogP contribution in [0.25, 0.3) is 10.9 Å². The molecule has 1 aliphatic rings. The van der Waals surface area contributed by atoms with E-state index in [2.05, 4.69) is 10.1 Å². The molecule has 2 heterocycles. The molecule has 1 aromatic heterocycles. The van der Waals surface area contributed by atoms with E-state index in [9.17, 15) is 4.79 Å². The van der Waals surface area contributed by atoms with Crippen LogP contribution in [-0.4, -0.2) is 15.3 Å². The Labute approximate surface area is 140 Å². The van der Waals surface area contributed by atoms with Gasteiger partial charge in [0, 0.05) is 6.04 Å². The van der Waals surface area contributed by atoms with Crippen molar-refractivity contribution >= 4 is 16.6 Å². The van der Waals surface area contributed by atoms with Gasteiger partial charge in [-0.05, 0) is 31.9 Å². The largest absolute Gasteiger partial charge is 0.323 e. The maximum atomic E-state index is 12.5. The molecule has 0 aliphatic carbocycles. The monoisotopic (exact) mass is 320 g/mol. The molecule has 0 fully saturated rings. The minimum absolute atomic E-state index is 0.0102. The first-order valence-electron chi connectivity index (χ1n) is 8.01. The van der Waals surface area contributed by atoms with Crippen molar-refractivity contribution < 1.29 is 0 Å². The molecule has 0 amide bonds. The second-order valence-corrected chi connectivity index (χ2v) is 5.75. The third kappa shape index (κ3) is 3.06. The van der Waals surface area contributed by atoms with Gasteiger partial charge in [0.05, 0.1) is 10.9 Å². The van der Waals surface area contributed by atoms with Crippen LogP contribution in [0, 0.1) is 0 Å². The molecule has 0 bridgehead atoms. The van der Waals surface area contributed by atoms with Crippen LogP contribution in [-0.2, 0) is 0 Å². The van der Waals surface area contributed by atoms with Crippen molar-refractivity contribution in [2.24, 2.45) is 10.9 Å². The summed E-state index contributed by atoms with van der Waals surface area (Å²) in [6.45, 7) is 2.02. The molecular formula is C19H20N4O. The predicted molar refractivity (Wildman–Crippen MR) is 97.1 cm³/mol. The van der Waals surface area contributed by atoms with Crippen molar-refractivity contribution in [3.8, 4) is 0 Å². The van der Waals surface area contributed by atoms with E-state index in [1.54, 1.807) is 10.6 Å². The zero-order valence-corrected chi connectivity index (χ0v) is 13.6. The standard InChI is InChI=1S/C13H14N4O.C6H6/c1-8-6-7-11(16-14)12-15-10-5-3-2-4-9(10)13(18)17(8)12;1-2-4-6-5-3-1/h2-5,8H,6-7,14H2,1H3;1-6H. The van der Waals surface area contributed by atoms with Crippen LogP contribution in [0.4, 0.5) is 0 Å². The number of fused-ring (bicyclic) bond motifs is 2. The van der Waals surface area contributed by atoms with Crippen LogP contribution in [0.15, 0.2) is 70.6 Å². The van der Waals surface area contributed by atoms with Crippen LogP contribution in [0.1, 0.15) is 31.6 Å². The van der Waals surface area contributed by atoms with Gasteiger partial charge in [-0.25, -0.2) is 4.98 Å². The average molecular weight is 320 g/mol. The first-order valence-corrected chi connectivity index (χ1v) is 8.01. The lowest BCUT2D eigenvalue weighted by Crippen LogP contribution is -2.34. The average Bonchev–Trinajstić information content (AvgIpc) is 2.64. The number of nitrogens with two attached hydrogens (primary N) is 1. The Bertz CT molecular complexity index is 889. The van der Waals surface area contributed by atoms with Gasteiger partial charge in [0.2, 0.25) is 0 Å². The highest BCUT2D eigenvalue weighted by Gasteiger charge is 2.24. The van der Waals surface area contributed by atoms with Gasteiger partial charge in [-0.2, -0.15) is 5.10 Å². The van der Waals surface area contributed by atoms with Gasteiger partial charge in [-0.15, -0.1) is 0 Å². The van der Waals surface area contributed by atoms with Crippen molar-refractivity contribution in [2.75, 3.05) is 0 Å². The van der Waals surface area contributed by atoms with Gasteiger partial charge in [-0.3, -0.25) is 9.36 Å². The summed E-state index contributed by atoms with van der Waals surface area (Å²) in [4.78, 5) is 17.0. The van der Waals surface area contributed by atoms with E-state index in [4.69, 9.17) is 5.84 Å². The second-order valence-electron chi connectivity index (χ2n) is 5.75. The zero-order valence-electron chi connectivity index (χ0n) is 13.6. The van der Waals surface area contributed by atoms with Crippen molar-refractivity contribution in [1.29, 1.82) is 0 Å². The van der Waals surface area contributed by atoms with Gasteiger partial charge in [0.25, 0.3) is 5.56 Å². The number of hydrogen-bond acceptors (Lipinski definition) is 4. The van der Waals surface area contributed by atoms with Crippen LogP contribution in [0.3, 0.4) is 0 Å². The smallest absolute Gasteiger partial charge is 0.261 e. The van der Waals surface area contributed by atoms with Gasteiger partial charge < -0.3 is 5.84 Å². The van der Waals surface area contributed by atoms with Gasteiger partial charge in [0.15, 0.2) is 5.82 Å². The van der Waals surface area contributed by atoms with Crippen molar-refractivity contribution in [3.63, 3.8) is 0 Å². The number of rotatable bonds is 0. The number of aromatic nitrogens is 2. The molecule has 0 saturated heterocycles. The predicted octanol–water partition coefficient (Wildman–Crippen LogP) is 3.10. The summed E-state index contributed by atoms with van der Waals surface area (Å²) in [6.07, 6.45) is 1.63. The minimum Gasteiger partial charge on any atom is -0.323 e. The lowest BCUT2D eigenvalue weighted by Gasteiger charge is -2.25. The third-order valence-electron chi connectivity index (χ3n) is 4.13. The molecule has 2 N–H and O–H groups in total. The molecular weight excluding hydrogens is 300 g/mol. The maximum Gasteiger partial charge on any atom is 0.261 e. The fourth-order valence-corrected chi connectivity index (χ4v) is 2.85. The van der Waals surface area contributed by atoms with Crippen LogP contribution >= 0.6 is 0 Å². The molecule has 1 unspecified atom stereocenters. The van der Waals surface area contributed by atoms with E-state index >= 15 is 0 Å². The number of benzene rings is 2. The fraction of sp³-hybridized carbons (Fsp3) is 0.211. The highest BCUT2D eigenvalue weighted by Crippen LogP contribution is 2.23. The van der Waals surface area contributed by atoms with Gasteiger partial charge in [-0.1, -0.05) is 48.5 Å². The summed E-state index contributed by atoms with van der Waals surface area (Å²) in [6, 6.07) is 19.5. The summed E-state index contributed by atoms with van der Waals surface area (Å²) >= 11 is 0. The lowest BCUT2D eigenvalue weighted by atomic mass is 10.0. The lowest BCUT2D eigenvalue weighted by molar-refractivity contribution is 0.474. The SMILES string of the molecule is CC1CCC(=NN)c2nc3ccccc3c(=O)n21.c1ccccc1.